The summed E-state index contributed by atoms with van der Waals surface area (Å²) in [6.07, 6.45) is 1.18. The summed E-state index contributed by atoms with van der Waals surface area (Å²) in [6.45, 7) is 4.69. The Morgan fingerprint density at radius 3 is 2.48 bits per heavy atom. The Labute approximate surface area is 187 Å². The van der Waals surface area contributed by atoms with Crippen LogP contribution in [0.3, 0.4) is 0 Å². The van der Waals surface area contributed by atoms with Crippen LogP contribution in [0.4, 0.5) is 0 Å². The summed E-state index contributed by atoms with van der Waals surface area (Å²) < 4.78 is 0. The number of nitrogens with zero attached hydrogens (tertiary/aromatic N) is 1. The lowest BCUT2D eigenvalue weighted by Crippen LogP contribution is -2.47. The maximum atomic E-state index is 13.0. The van der Waals surface area contributed by atoms with Crippen LogP contribution in [0.2, 0.25) is 10.0 Å². The molecule has 4 nitrogen and oxygen atoms in total. The highest BCUT2D eigenvalue weighted by atomic mass is 35.5. The van der Waals surface area contributed by atoms with Crippen molar-refractivity contribution in [1.82, 2.24) is 10.2 Å². The van der Waals surface area contributed by atoms with Crippen LogP contribution < -0.4 is 5.32 Å². The van der Waals surface area contributed by atoms with Gasteiger partial charge in [0.25, 0.3) is 0 Å². The van der Waals surface area contributed by atoms with Gasteiger partial charge in [-0.15, -0.1) is 11.8 Å². The van der Waals surface area contributed by atoms with Crippen LogP contribution in [0, 0.1) is 0 Å². The minimum Gasteiger partial charge on any atom is -0.354 e. The van der Waals surface area contributed by atoms with Gasteiger partial charge in [-0.25, -0.2) is 0 Å². The number of amides is 2. The molecule has 1 atom stereocenters. The summed E-state index contributed by atoms with van der Waals surface area (Å²) in [4.78, 5) is 28.1. The number of rotatable bonds is 10. The Morgan fingerprint density at radius 2 is 1.83 bits per heavy atom. The second-order valence-corrected chi connectivity index (χ2v) is 8.71. The molecule has 7 heteroatoms. The zero-order valence-electron chi connectivity index (χ0n) is 16.7. The standard InChI is InChI=1S/C22H26Cl2N2O2S/c1-3-12-25-22(28)16(2)26(15-17-5-4-6-19(24)14-17)21(27)11-13-29-20-9-7-18(23)8-10-20/h4-10,14,16H,3,11-13,15H2,1-2H3,(H,25,28)/t16-/m0/s1. The SMILES string of the molecule is CCCNC(=O)[C@H](C)N(Cc1cccc(Cl)c1)C(=O)CCSc1ccc(Cl)cc1. The number of thioether (sulfide) groups is 1. The van der Waals surface area contributed by atoms with Crippen LogP contribution in [0.1, 0.15) is 32.3 Å². The van der Waals surface area contributed by atoms with Gasteiger partial charge in [-0.2, -0.15) is 0 Å². The molecule has 156 valence electrons. The van der Waals surface area contributed by atoms with Gasteiger partial charge in [0.15, 0.2) is 0 Å². The van der Waals surface area contributed by atoms with Gasteiger partial charge >= 0.3 is 0 Å². The summed E-state index contributed by atoms with van der Waals surface area (Å²) in [5, 5.41) is 4.17. The molecule has 2 aromatic carbocycles. The van der Waals surface area contributed by atoms with Crippen LogP contribution in [0.5, 0.6) is 0 Å². The highest BCUT2D eigenvalue weighted by Crippen LogP contribution is 2.22. The third-order valence-corrected chi connectivity index (χ3v) is 5.86. The number of carbonyl (C=O) groups is 2. The van der Waals surface area contributed by atoms with E-state index in [1.54, 1.807) is 29.7 Å². The molecule has 29 heavy (non-hydrogen) atoms. The smallest absolute Gasteiger partial charge is 0.242 e. The largest absolute Gasteiger partial charge is 0.354 e. The first-order chi connectivity index (χ1) is 13.9. The molecule has 0 saturated heterocycles. The molecule has 0 aliphatic carbocycles. The molecule has 0 aromatic heterocycles. The van der Waals surface area contributed by atoms with E-state index in [9.17, 15) is 9.59 Å². The summed E-state index contributed by atoms with van der Waals surface area (Å²) in [5.41, 5.74) is 0.895. The van der Waals surface area contributed by atoms with E-state index in [4.69, 9.17) is 23.2 Å². The average molecular weight is 453 g/mol. The van der Waals surface area contributed by atoms with Crippen molar-refractivity contribution >= 4 is 46.8 Å². The Hall–Kier alpha value is -1.69. The summed E-state index contributed by atoms with van der Waals surface area (Å²) in [6, 6.07) is 14.3. The van der Waals surface area contributed by atoms with Gasteiger partial charge in [0.1, 0.15) is 6.04 Å². The third-order valence-electron chi connectivity index (χ3n) is 4.36. The van der Waals surface area contributed by atoms with Gasteiger partial charge in [-0.1, -0.05) is 42.3 Å². The molecule has 0 saturated carbocycles. The lowest BCUT2D eigenvalue weighted by molar-refractivity contribution is -0.140. The van der Waals surface area contributed by atoms with E-state index in [-0.39, 0.29) is 11.8 Å². The molecule has 1 N–H and O–H groups in total. The molecular formula is C22H26Cl2N2O2S. The molecule has 2 amide bonds. The van der Waals surface area contributed by atoms with E-state index >= 15 is 0 Å². The normalized spacial score (nSPS) is 11.7. The predicted molar refractivity (Wildman–Crippen MR) is 122 cm³/mol. The van der Waals surface area contributed by atoms with E-state index in [1.807, 2.05) is 49.4 Å². The van der Waals surface area contributed by atoms with Crippen molar-refractivity contribution in [3.63, 3.8) is 0 Å². The molecule has 0 spiro atoms. The Morgan fingerprint density at radius 1 is 1.10 bits per heavy atom. The first-order valence-corrected chi connectivity index (χ1v) is 11.3. The van der Waals surface area contributed by atoms with Gasteiger partial charge < -0.3 is 10.2 Å². The van der Waals surface area contributed by atoms with Crippen molar-refractivity contribution in [3.8, 4) is 0 Å². The molecule has 2 aromatic rings. The second-order valence-electron chi connectivity index (χ2n) is 6.67. The van der Waals surface area contributed by atoms with Gasteiger partial charge in [0, 0.05) is 40.2 Å². The molecular weight excluding hydrogens is 427 g/mol. The molecule has 0 aliphatic rings. The molecule has 0 fully saturated rings. The van der Waals surface area contributed by atoms with E-state index in [1.165, 1.54) is 0 Å². The highest BCUT2D eigenvalue weighted by Gasteiger charge is 2.25. The minimum absolute atomic E-state index is 0.0643. The van der Waals surface area contributed by atoms with Crippen LogP contribution in [-0.4, -0.2) is 35.1 Å². The molecule has 2 rings (SSSR count). The lowest BCUT2D eigenvalue weighted by Gasteiger charge is -2.29. The van der Waals surface area contributed by atoms with E-state index in [0.717, 1.165) is 16.9 Å². The minimum atomic E-state index is -0.562. The zero-order valence-corrected chi connectivity index (χ0v) is 19.0. The van der Waals surface area contributed by atoms with Crippen molar-refractivity contribution in [2.45, 2.75) is 44.2 Å². The number of nitrogens with one attached hydrogen (secondary N) is 1. The Bertz CT molecular complexity index is 815. The molecule has 0 aliphatic heterocycles. The monoisotopic (exact) mass is 452 g/mol. The topological polar surface area (TPSA) is 49.4 Å². The second kappa shape index (κ2) is 12.1. The summed E-state index contributed by atoms with van der Waals surface area (Å²) in [7, 11) is 0. The first-order valence-electron chi connectivity index (χ1n) is 9.60. The maximum absolute atomic E-state index is 13.0. The molecule has 0 bridgehead atoms. The quantitative estimate of drug-likeness (QED) is 0.489. The predicted octanol–water partition coefficient (Wildman–Crippen LogP) is 5.42. The fourth-order valence-electron chi connectivity index (χ4n) is 2.74. The van der Waals surface area contributed by atoms with Gasteiger partial charge in [-0.05, 0) is 55.3 Å². The molecule has 0 radical (unpaired) electrons. The van der Waals surface area contributed by atoms with Crippen LogP contribution in [-0.2, 0) is 16.1 Å². The number of benzene rings is 2. The lowest BCUT2D eigenvalue weighted by atomic mass is 10.1. The van der Waals surface area contributed by atoms with Gasteiger partial charge in [0.2, 0.25) is 11.8 Å². The zero-order chi connectivity index (χ0) is 21.2. The van der Waals surface area contributed by atoms with Crippen LogP contribution in [0.15, 0.2) is 53.4 Å². The number of halogens is 2. The van der Waals surface area contributed by atoms with Crippen molar-refractivity contribution in [3.05, 3.63) is 64.1 Å². The van der Waals surface area contributed by atoms with Gasteiger partial charge in [0.05, 0.1) is 0 Å². The number of hydrogen-bond acceptors (Lipinski definition) is 3. The van der Waals surface area contributed by atoms with E-state index < -0.39 is 6.04 Å². The number of hydrogen-bond donors (Lipinski definition) is 1. The summed E-state index contributed by atoms with van der Waals surface area (Å²) in [5.74, 6) is 0.411. The summed E-state index contributed by atoms with van der Waals surface area (Å²) >= 11 is 13.6. The van der Waals surface area contributed by atoms with Crippen molar-refractivity contribution in [1.29, 1.82) is 0 Å². The molecule has 0 heterocycles. The maximum Gasteiger partial charge on any atom is 0.242 e. The molecule has 0 unspecified atom stereocenters. The van der Waals surface area contributed by atoms with Crippen molar-refractivity contribution in [2.24, 2.45) is 0 Å². The third kappa shape index (κ3) is 7.92. The fraction of sp³-hybridized carbons (Fsp3) is 0.364. The van der Waals surface area contributed by atoms with Gasteiger partial charge in [-0.3, -0.25) is 9.59 Å². The van der Waals surface area contributed by atoms with Crippen molar-refractivity contribution in [2.75, 3.05) is 12.3 Å². The van der Waals surface area contributed by atoms with E-state index in [0.29, 0.717) is 35.3 Å². The van der Waals surface area contributed by atoms with Crippen LogP contribution in [0.25, 0.3) is 0 Å². The van der Waals surface area contributed by atoms with Crippen molar-refractivity contribution < 1.29 is 9.59 Å². The highest BCUT2D eigenvalue weighted by molar-refractivity contribution is 7.99. The first kappa shape index (κ1) is 23.6. The number of carbonyl (C=O) groups excluding carboxylic acids is 2. The van der Waals surface area contributed by atoms with Crippen LogP contribution >= 0.6 is 35.0 Å². The Kier molecular flexibility index (Phi) is 9.85. The van der Waals surface area contributed by atoms with E-state index in [2.05, 4.69) is 5.32 Å². The average Bonchev–Trinajstić information content (AvgIpc) is 2.71. The fourth-order valence-corrected chi connectivity index (χ4v) is 3.92. The Balaban J connectivity index is 2.04.